The molecule has 1 unspecified atom stereocenters. The quantitative estimate of drug-likeness (QED) is 0.771. The van der Waals surface area contributed by atoms with Crippen molar-refractivity contribution in [3.8, 4) is 0 Å². The predicted octanol–water partition coefficient (Wildman–Crippen LogP) is 1.89. The van der Waals surface area contributed by atoms with Gasteiger partial charge in [0, 0.05) is 17.5 Å². The van der Waals surface area contributed by atoms with Crippen molar-refractivity contribution in [2.75, 3.05) is 17.2 Å². The molecule has 0 radical (unpaired) electrons. The lowest BCUT2D eigenvalue weighted by Crippen LogP contribution is -2.38. The Morgan fingerprint density at radius 1 is 1.44 bits per heavy atom. The largest absolute Gasteiger partial charge is 0.398 e. The number of nitrogen functional groups attached to an aromatic ring is 1. The average Bonchev–Trinajstić information content (AvgIpc) is 2.31. The molecular formula is C12H16N2OS. The second-order valence-electron chi connectivity index (χ2n) is 3.97. The highest BCUT2D eigenvalue weighted by Gasteiger charge is 2.17. The third-order valence-electron chi connectivity index (χ3n) is 2.70. The van der Waals surface area contributed by atoms with E-state index in [1.807, 2.05) is 23.9 Å². The standard InChI is InChI=1S/C12H16N2OS/c13-11-6-2-1-5-10(11)12(15)14-9-4-3-7-16-8-9/h1-2,5-6,9H,3-4,7-8,13H2,(H,14,15). The molecule has 0 bridgehead atoms. The summed E-state index contributed by atoms with van der Waals surface area (Å²) in [6.07, 6.45) is 2.26. The second-order valence-corrected chi connectivity index (χ2v) is 5.12. The Bertz CT molecular complexity index is 375. The number of amides is 1. The predicted molar refractivity (Wildman–Crippen MR) is 68.7 cm³/mol. The first-order valence-corrected chi connectivity index (χ1v) is 6.66. The van der Waals surface area contributed by atoms with E-state index in [1.165, 1.54) is 12.2 Å². The van der Waals surface area contributed by atoms with E-state index < -0.39 is 0 Å². The number of nitrogens with two attached hydrogens (primary N) is 1. The van der Waals surface area contributed by atoms with Crippen LogP contribution < -0.4 is 11.1 Å². The maximum atomic E-state index is 11.9. The number of para-hydroxylation sites is 1. The third kappa shape index (κ3) is 2.70. The summed E-state index contributed by atoms with van der Waals surface area (Å²) in [7, 11) is 0. The number of benzene rings is 1. The number of anilines is 1. The van der Waals surface area contributed by atoms with Gasteiger partial charge in [0.1, 0.15) is 0 Å². The van der Waals surface area contributed by atoms with E-state index in [4.69, 9.17) is 5.73 Å². The van der Waals surface area contributed by atoms with Crippen molar-refractivity contribution >= 4 is 23.4 Å². The van der Waals surface area contributed by atoms with Gasteiger partial charge in [-0.2, -0.15) is 11.8 Å². The topological polar surface area (TPSA) is 55.1 Å². The molecule has 4 heteroatoms. The van der Waals surface area contributed by atoms with Crippen LogP contribution in [0.15, 0.2) is 24.3 Å². The summed E-state index contributed by atoms with van der Waals surface area (Å²) in [5, 5.41) is 3.04. The van der Waals surface area contributed by atoms with Gasteiger partial charge < -0.3 is 11.1 Å². The Labute approximate surface area is 99.8 Å². The maximum Gasteiger partial charge on any atom is 0.253 e. The fraction of sp³-hybridized carbons (Fsp3) is 0.417. The summed E-state index contributed by atoms with van der Waals surface area (Å²) >= 11 is 1.90. The first-order valence-electron chi connectivity index (χ1n) is 5.50. The highest BCUT2D eigenvalue weighted by atomic mass is 32.2. The van der Waals surface area contributed by atoms with Crippen molar-refractivity contribution in [2.45, 2.75) is 18.9 Å². The van der Waals surface area contributed by atoms with Gasteiger partial charge in [-0.25, -0.2) is 0 Å². The lowest BCUT2D eigenvalue weighted by atomic mass is 10.1. The summed E-state index contributed by atoms with van der Waals surface area (Å²) in [6, 6.07) is 7.49. The van der Waals surface area contributed by atoms with E-state index in [-0.39, 0.29) is 5.91 Å². The van der Waals surface area contributed by atoms with E-state index in [0.29, 0.717) is 17.3 Å². The van der Waals surface area contributed by atoms with Crippen molar-refractivity contribution in [2.24, 2.45) is 0 Å². The number of nitrogens with one attached hydrogen (secondary N) is 1. The fourth-order valence-corrected chi connectivity index (χ4v) is 2.89. The minimum atomic E-state index is -0.0504. The Morgan fingerprint density at radius 2 is 2.25 bits per heavy atom. The molecule has 0 saturated carbocycles. The molecule has 1 aliphatic heterocycles. The molecule has 1 saturated heterocycles. The van der Waals surface area contributed by atoms with Crippen molar-refractivity contribution in [3.63, 3.8) is 0 Å². The van der Waals surface area contributed by atoms with Gasteiger partial charge in [0.15, 0.2) is 0 Å². The number of hydrogen-bond acceptors (Lipinski definition) is 3. The number of rotatable bonds is 2. The normalized spacial score (nSPS) is 20.4. The van der Waals surface area contributed by atoms with Crippen LogP contribution in [-0.4, -0.2) is 23.5 Å². The van der Waals surface area contributed by atoms with Crippen LogP contribution >= 0.6 is 11.8 Å². The van der Waals surface area contributed by atoms with Crippen LogP contribution in [0.5, 0.6) is 0 Å². The lowest BCUT2D eigenvalue weighted by Gasteiger charge is -2.22. The van der Waals surface area contributed by atoms with Crippen LogP contribution in [0.25, 0.3) is 0 Å². The molecule has 1 heterocycles. The zero-order valence-electron chi connectivity index (χ0n) is 9.11. The van der Waals surface area contributed by atoms with Crippen LogP contribution in [0.1, 0.15) is 23.2 Å². The number of thioether (sulfide) groups is 1. The van der Waals surface area contributed by atoms with Crippen LogP contribution in [-0.2, 0) is 0 Å². The average molecular weight is 236 g/mol. The van der Waals surface area contributed by atoms with Crippen molar-refractivity contribution < 1.29 is 4.79 Å². The van der Waals surface area contributed by atoms with Gasteiger partial charge >= 0.3 is 0 Å². The third-order valence-corrected chi connectivity index (χ3v) is 3.92. The van der Waals surface area contributed by atoms with Gasteiger partial charge in [0.05, 0.1) is 5.56 Å². The van der Waals surface area contributed by atoms with Gasteiger partial charge in [0.25, 0.3) is 5.91 Å². The van der Waals surface area contributed by atoms with Crippen LogP contribution in [0, 0.1) is 0 Å². The monoisotopic (exact) mass is 236 g/mol. The van der Waals surface area contributed by atoms with E-state index in [9.17, 15) is 4.79 Å². The van der Waals surface area contributed by atoms with E-state index in [0.717, 1.165) is 12.2 Å². The first kappa shape index (κ1) is 11.3. The van der Waals surface area contributed by atoms with Gasteiger partial charge in [-0.15, -0.1) is 0 Å². The van der Waals surface area contributed by atoms with Crippen LogP contribution in [0.4, 0.5) is 5.69 Å². The molecule has 1 fully saturated rings. The molecule has 1 aliphatic rings. The Morgan fingerprint density at radius 3 is 2.94 bits per heavy atom. The minimum absolute atomic E-state index is 0.0504. The Kier molecular flexibility index (Phi) is 3.72. The number of hydrogen-bond donors (Lipinski definition) is 2. The molecule has 16 heavy (non-hydrogen) atoms. The zero-order valence-corrected chi connectivity index (χ0v) is 9.93. The van der Waals surface area contributed by atoms with Gasteiger partial charge in [-0.1, -0.05) is 12.1 Å². The molecule has 1 amide bonds. The smallest absolute Gasteiger partial charge is 0.253 e. The van der Waals surface area contributed by atoms with E-state index in [2.05, 4.69) is 5.32 Å². The molecule has 0 aliphatic carbocycles. The van der Waals surface area contributed by atoms with Crippen molar-refractivity contribution in [3.05, 3.63) is 29.8 Å². The van der Waals surface area contributed by atoms with E-state index >= 15 is 0 Å². The molecule has 3 N–H and O–H groups in total. The van der Waals surface area contributed by atoms with Crippen LogP contribution in [0.2, 0.25) is 0 Å². The van der Waals surface area contributed by atoms with Gasteiger partial charge in [-0.3, -0.25) is 4.79 Å². The number of carbonyl (C=O) groups excluding carboxylic acids is 1. The van der Waals surface area contributed by atoms with Crippen molar-refractivity contribution in [1.29, 1.82) is 0 Å². The van der Waals surface area contributed by atoms with Crippen LogP contribution in [0.3, 0.4) is 0 Å². The lowest BCUT2D eigenvalue weighted by molar-refractivity contribution is 0.0939. The Balaban J connectivity index is 2.00. The van der Waals surface area contributed by atoms with Crippen molar-refractivity contribution in [1.82, 2.24) is 5.32 Å². The molecule has 1 atom stereocenters. The summed E-state index contributed by atoms with van der Waals surface area (Å²) in [5.74, 6) is 2.17. The minimum Gasteiger partial charge on any atom is -0.398 e. The Hall–Kier alpha value is -1.16. The zero-order chi connectivity index (χ0) is 11.4. The molecule has 3 nitrogen and oxygen atoms in total. The molecule has 86 valence electrons. The summed E-state index contributed by atoms with van der Waals surface area (Å²) < 4.78 is 0. The van der Waals surface area contributed by atoms with Gasteiger partial charge in [-0.05, 0) is 30.7 Å². The molecule has 2 rings (SSSR count). The fourth-order valence-electron chi connectivity index (χ4n) is 1.82. The van der Waals surface area contributed by atoms with E-state index in [1.54, 1.807) is 12.1 Å². The maximum absolute atomic E-state index is 11.9. The van der Waals surface area contributed by atoms with Gasteiger partial charge in [0.2, 0.25) is 0 Å². The highest BCUT2D eigenvalue weighted by Crippen LogP contribution is 2.18. The number of carbonyl (C=O) groups is 1. The molecule has 0 spiro atoms. The summed E-state index contributed by atoms with van der Waals surface area (Å²) in [4.78, 5) is 11.9. The first-order chi connectivity index (χ1) is 7.77. The molecule has 1 aromatic rings. The second kappa shape index (κ2) is 5.25. The summed E-state index contributed by atoms with van der Waals surface area (Å²) in [6.45, 7) is 0. The SMILES string of the molecule is Nc1ccccc1C(=O)NC1CCCSC1. The summed E-state index contributed by atoms with van der Waals surface area (Å²) in [5.41, 5.74) is 6.89. The molecule has 0 aromatic heterocycles. The molecular weight excluding hydrogens is 220 g/mol. The highest BCUT2D eigenvalue weighted by molar-refractivity contribution is 7.99. The molecule has 1 aromatic carbocycles.